The molecule has 1 atom stereocenters. The first kappa shape index (κ1) is 16.3. The first-order valence-corrected chi connectivity index (χ1v) is 7.68. The quantitative estimate of drug-likeness (QED) is 0.773. The molecule has 4 N–H and O–H groups in total. The molecule has 6 heteroatoms. The van der Waals surface area contributed by atoms with E-state index in [9.17, 15) is 9.59 Å². The van der Waals surface area contributed by atoms with Gasteiger partial charge in [-0.3, -0.25) is 4.79 Å². The third-order valence-electron chi connectivity index (χ3n) is 3.95. The molecule has 1 aromatic rings. The van der Waals surface area contributed by atoms with Crippen molar-refractivity contribution in [3.63, 3.8) is 0 Å². The van der Waals surface area contributed by atoms with Gasteiger partial charge in [-0.15, -0.1) is 0 Å². The number of nitrogens with zero attached hydrogens (tertiary/aromatic N) is 1. The molecular weight excluding hydrogens is 280 g/mol. The van der Waals surface area contributed by atoms with Gasteiger partial charge in [-0.2, -0.15) is 0 Å². The standard InChI is InChI=1S/C16H24N4O2/c1-12-5-2-3-6-13(12)14(19-16(17)22)11-15(21)20-9-4-7-18-8-10-20/h2-3,5-6,14,18H,4,7-11H2,1H3,(H3,17,19,22). The van der Waals surface area contributed by atoms with Crippen LogP contribution in [0.4, 0.5) is 4.79 Å². The molecule has 1 fully saturated rings. The fourth-order valence-electron chi connectivity index (χ4n) is 2.79. The van der Waals surface area contributed by atoms with Gasteiger partial charge in [-0.25, -0.2) is 4.79 Å². The minimum atomic E-state index is -0.612. The maximum Gasteiger partial charge on any atom is 0.312 e. The van der Waals surface area contributed by atoms with E-state index >= 15 is 0 Å². The van der Waals surface area contributed by atoms with Gasteiger partial charge < -0.3 is 21.3 Å². The normalized spacial score (nSPS) is 16.7. The van der Waals surface area contributed by atoms with E-state index in [1.54, 1.807) is 0 Å². The molecule has 0 radical (unpaired) electrons. The molecule has 2 rings (SSSR count). The lowest BCUT2D eigenvalue weighted by atomic mass is 9.98. The summed E-state index contributed by atoms with van der Waals surface area (Å²) in [5.74, 6) is 0.0469. The van der Waals surface area contributed by atoms with Gasteiger partial charge in [0.05, 0.1) is 12.5 Å². The largest absolute Gasteiger partial charge is 0.352 e. The molecule has 22 heavy (non-hydrogen) atoms. The van der Waals surface area contributed by atoms with Crippen LogP contribution in [-0.4, -0.2) is 43.0 Å². The number of nitrogens with one attached hydrogen (secondary N) is 2. The summed E-state index contributed by atoms with van der Waals surface area (Å²) in [4.78, 5) is 25.7. The Hall–Kier alpha value is -2.08. The van der Waals surface area contributed by atoms with Crippen molar-refractivity contribution in [1.29, 1.82) is 0 Å². The van der Waals surface area contributed by atoms with Gasteiger partial charge in [0.15, 0.2) is 0 Å². The Morgan fingerprint density at radius 2 is 2.09 bits per heavy atom. The second-order valence-corrected chi connectivity index (χ2v) is 5.61. The summed E-state index contributed by atoms with van der Waals surface area (Å²) >= 11 is 0. The fraction of sp³-hybridized carbons (Fsp3) is 0.500. The summed E-state index contributed by atoms with van der Waals surface area (Å²) in [7, 11) is 0. The van der Waals surface area contributed by atoms with Crippen LogP contribution in [0.3, 0.4) is 0 Å². The van der Waals surface area contributed by atoms with Crippen LogP contribution in [0.1, 0.15) is 30.0 Å². The van der Waals surface area contributed by atoms with E-state index in [0.717, 1.165) is 37.2 Å². The Balaban J connectivity index is 2.10. The number of benzene rings is 1. The number of urea groups is 1. The Kier molecular flexibility index (Phi) is 5.77. The molecule has 3 amide bonds. The minimum Gasteiger partial charge on any atom is -0.352 e. The van der Waals surface area contributed by atoms with Gasteiger partial charge in [-0.1, -0.05) is 24.3 Å². The van der Waals surface area contributed by atoms with Gasteiger partial charge >= 0.3 is 6.03 Å². The summed E-state index contributed by atoms with van der Waals surface area (Å²) in [5, 5.41) is 5.97. The second-order valence-electron chi connectivity index (χ2n) is 5.61. The molecular formula is C16H24N4O2. The zero-order chi connectivity index (χ0) is 15.9. The SMILES string of the molecule is Cc1ccccc1C(CC(=O)N1CCCNCC1)NC(N)=O. The first-order valence-electron chi connectivity index (χ1n) is 7.68. The van der Waals surface area contributed by atoms with Crippen LogP contribution in [0.25, 0.3) is 0 Å². The summed E-state index contributed by atoms with van der Waals surface area (Å²) in [5.41, 5.74) is 7.24. The number of hydrogen-bond donors (Lipinski definition) is 3. The molecule has 0 aliphatic carbocycles. The molecule has 0 saturated carbocycles. The van der Waals surface area contributed by atoms with Gasteiger partial charge in [0.25, 0.3) is 0 Å². The van der Waals surface area contributed by atoms with Gasteiger partial charge in [-0.05, 0) is 31.0 Å². The van der Waals surface area contributed by atoms with E-state index in [-0.39, 0.29) is 18.4 Å². The smallest absolute Gasteiger partial charge is 0.312 e. The molecule has 0 spiro atoms. The number of primary amides is 1. The minimum absolute atomic E-state index is 0.0469. The van der Waals surface area contributed by atoms with E-state index < -0.39 is 6.03 Å². The molecule has 1 unspecified atom stereocenters. The highest BCUT2D eigenvalue weighted by atomic mass is 16.2. The van der Waals surface area contributed by atoms with Gasteiger partial charge in [0.1, 0.15) is 0 Å². The Labute approximate surface area is 131 Å². The third kappa shape index (κ3) is 4.46. The molecule has 120 valence electrons. The molecule has 1 saturated heterocycles. The number of carbonyl (C=O) groups excluding carboxylic acids is 2. The Morgan fingerprint density at radius 1 is 1.32 bits per heavy atom. The topological polar surface area (TPSA) is 87.5 Å². The number of carbonyl (C=O) groups is 2. The highest BCUT2D eigenvalue weighted by Gasteiger charge is 2.23. The van der Waals surface area contributed by atoms with E-state index in [1.807, 2.05) is 36.1 Å². The molecule has 0 bridgehead atoms. The summed E-state index contributed by atoms with van der Waals surface area (Å²) < 4.78 is 0. The number of amides is 3. The van der Waals surface area contributed by atoms with Gasteiger partial charge in [0.2, 0.25) is 5.91 Å². The fourth-order valence-corrected chi connectivity index (χ4v) is 2.79. The van der Waals surface area contributed by atoms with Crippen molar-refractivity contribution in [2.75, 3.05) is 26.2 Å². The zero-order valence-electron chi connectivity index (χ0n) is 13.0. The van der Waals surface area contributed by atoms with Crippen LogP contribution >= 0.6 is 0 Å². The van der Waals surface area contributed by atoms with Crippen molar-refractivity contribution in [2.45, 2.75) is 25.8 Å². The molecule has 1 aliphatic heterocycles. The molecule has 1 heterocycles. The lowest BCUT2D eigenvalue weighted by Crippen LogP contribution is -2.39. The van der Waals surface area contributed by atoms with Crippen LogP contribution in [0.2, 0.25) is 0 Å². The maximum atomic E-state index is 12.5. The zero-order valence-corrected chi connectivity index (χ0v) is 13.0. The predicted octanol–water partition coefficient (Wildman–Crippen LogP) is 0.916. The third-order valence-corrected chi connectivity index (χ3v) is 3.95. The highest BCUT2D eigenvalue weighted by molar-refractivity contribution is 5.79. The maximum absolute atomic E-state index is 12.5. The molecule has 0 aromatic heterocycles. The summed E-state index contributed by atoms with van der Waals surface area (Å²) in [6.45, 7) is 5.17. The molecule has 1 aliphatic rings. The van der Waals surface area contributed by atoms with Crippen molar-refractivity contribution < 1.29 is 9.59 Å². The lowest BCUT2D eigenvalue weighted by molar-refractivity contribution is -0.131. The lowest BCUT2D eigenvalue weighted by Gasteiger charge is -2.25. The summed E-state index contributed by atoms with van der Waals surface area (Å²) in [6.07, 6.45) is 1.18. The Bertz CT molecular complexity index is 525. The van der Waals surface area contributed by atoms with Crippen LogP contribution in [-0.2, 0) is 4.79 Å². The van der Waals surface area contributed by atoms with Crippen molar-refractivity contribution in [1.82, 2.24) is 15.5 Å². The Morgan fingerprint density at radius 3 is 2.82 bits per heavy atom. The van der Waals surface area contributed by atoms with Crippen LogP contribution in [0.15, 0.2) is 24.3 Å². The second kappa shape index (κ2) is 7.79. The van der Waals surface area contributed by atoms with Crippen molar-refractivity contribution in [2.24, 2.45) is 5.73 Å². The average Bonchev–Trinajstić information content (AvgIpc) is 2.75. The van der Waals surface area contributed by atoms with Crippen LogP contribution < -0.4 is 16.4 Å². The first-order chi connectivity index (χ1) is 10.6. The van der Waals surface area contributed by atoms with Gasteiger partial charge in [0, 0.05) is 19.6 Å². The summed E-state index contributed by atoms with van der Waals surface area (Å²) in [6, 6.07) is 6.72. The number of aryl methyl sites for hydroxylation is 1. The van der Waals surface area contributed by atoms with E-state index in [4.69, 9.17) is 5.73 Å². The number of rotatable bonds is 4. The molecule has 1 aromatic carbocycles. The predicted molar refractivity (Wildman–Crippen MR) is 85.3 cm³/mol. The number of nitrogens with two attached hydrogens (primary N) is 1. The van der Waals surface area contributed by atoms with E-state index in [0.29, 0.717) is 6.54 Å². The van der Waals surface area contributed by atoms with Crippen molar-refractivity contribution in [3.8, 4) is 0 Å². The average molecular weight is 304 g/mol. The monoisotopic (exact) mass is 304 g/mol. The number of hydrogen-bond acceptors (Lipinski definition) is 3. The highest BCUT2D eigenvalue weighted by Crippen LogP contribution is 2.21. The molecule has 6 nitrogen and oxygen atoms in total. The van der Waals surface area contributed by atoms with E-state index in [2.05, 4.69) is 10.6 Å². The van der Waals surface area contributed by atoms with Crippen LogP contribution in [0.5, 0.6) is 0 Å². The van der Waals surface area contributed by atoms with E-state index in [1.165, 1.54) is 0 Å². The van der Waals surface area contributed by atoms with Crippen LogP contribution in [0, 0.1) is 6.92 Å². The van der Waals surface area contributed by atoms with Crippen molar-refractivity contribution in [3.05, 3.63) is 35.4 Å². The van der Waals surface area contributed by atoms with Crippen molar-refractivity contribution >= 4 is 11.9 Å².